The van der Waals surface area contributed by atoms with Crippen LogP contribution in [0.3, 0.4) is 0 Å². The second-order valence-electron chi connectivity index (χ2n) is 6.84. The Morgan fingerprint density at radius 1 is 1.12 bits per heavy atom. The van der Waals surface area contributed by atoms with Gasteiger partial charge in [-0.15, -0.1) is 0 Å². The average molecular weight is 559 g/mol. The molecule has 33 heavy (non-hydrogen) atoms. The Labute approximate surface area is 202 Å². The van der Waals surface area contributed by atoms with Gasteiger partial charge >= 0.3 is 5.97 Å². The molecule has 3 aromatic carbocycles. The van der Waals surface area contributed by atoms with Crippen LogP contribution in [0.5, 0.6) is 5.75 Å². The van der Waals surface area contributed by atoms with Crippen molar-refractivity contribution in [2.45, 2.75) is 13.0 Å². The van der Waals surface area contributed by atoms with Crippen LogP contribution in [-0.2, 0) is 17.8 Å². The number of rotatable bonds is 9. The van der Waals surface area contributed by atoms with Gasteiger partial charge in [-0.25, -0.2) is 10.2 Å². The largest absolute Gasteiger partial charge is 0.488 e. The summed E-state index contributed by atoms with van der Waals surface area (Å²) >= 11 is 2.12. The molecule has 1 amide bonds. The molecule has 10 heteroatoms. The van der Waals surface area contributed by atoms with E-state index in [1.54, 1.807) is 36.4 Å². The number of para-hydroxylation sites is 1. The van der Waals surface area contributed by atoms with E-state index >= 15 is 0 Å². The summed E-state index contributed by atoms with van der Waals surface area (Å²) in [6.07, 6.45) is 1.31. The van der Waals surface area contributed by atoms with E-state index in [9.17, 15) is 19.7 Å². The molecule has 0 unspecified atom stereocenters. The number of halogens is 1. The predicted molar refractivity (Wildman–Crippen MR) is 129 cm³/mol. The van der Waals surface area contributed by atoms with Gasteiger partial charge in [0.25, 0.3) is 5.69 Å². The number of benzene rings is 3. The Bertz CT molecular complexity index is 1210. The van der Waals surface area contributed by atoms with Crippen LogP contribution in [0.25, 0.3) is 0 Å². The highest BCUT2D eigenvalue weighted by molar-refractivity contribution is 14.1. The number of carboxylic acid groups (broad SMARTS) is 1. The Balaban J connectivity index is 1.54. The van der Waals surface area contributed by atoms with Crippen molar-refractivity contribution < 1.29 is 24.4 Å². The molecular formula is C23H18IN3O6. The third-order valence-corrected chi connectivity index (χ3v) is 5.34. The maximum absolute atomic E-state index is 12.1. The van der Waals surface area contributed by atoms with Gasteiger partial charge in [-0.2, -0.15) is 5.10 Å². The number of nitrogens with zero attached hydrogens (tertiary/aromatic N) is 2. The number of nitrogens with one attached hydrogen (secondary N) is 1. The van der Waals surface area contributed by atoms with Gasteiger partial charge in [0.1, 0.15) is 12.4 Å². The smallest absolute Gasteiger partial charge is 0.335 e. The molecule has 3 aromatic rings. The number of carbonyl (C=O) groups is 2. The van der Waals surface area contributed by atoms with Crippen LogP contribution >= 0.6 is 22.6 Å². The maximum Gasteiger partial charge on any atom is 0.335 e. The molecule has 168 valence electrons. The van der Waals surface area contributed by atoms with E-state index in [2.05, 4.69) is 33.1 Å². The van der Waals surface area contributed by atoms with E-state index < -0.39 is 16.8 Å². The molecule has 3 rings (SSSR count). The Hall–Kier alpha value is -3.80. The molecule has 0 aliphatic rings. The zero-order valence-corrected chi connectivity index (χ0v) is 19.3. The van der Waals surface area contributed by atoms with Gasteiger partial charge in [-0.1, -0.05) is 30.3 Å². The molecule has 0 aliphatic heterocycles. The lowest BCUT2D eigenvalue weighted by Crippen LogP contribution is -2.20. The van der Waals surface area contributed by atoms with Crippen molar-refractivity contribution in [1.82, 2.24) is 5.43 Å². The van der Waals surface area contributed by atoms with Crippen LogP contribution < -0.4 is 10.2 Å². The monoisotopic (exact) mass is 559 g/mol. The van der Waals surface area contributed by atoms with Crippen LogP contribution in [0.2, 0.25) is 0 Å². The summed E-state index contributed by atoms with van der Waals surface area (Å²) < 4.78 is 6.62. The van der Waals surface area contributed by atoms with Crippen molar-refractivity contribution >= 4 is 46.4 Å². The maximum atomic E-state index is 12.1. The van der Waals surface area contributed by atoms with Crippen molar-refractivity contribution in [2.75, 3.05) is 0 Å². The minimum atomic E-state index is -0.980. The minimum Gasteiger partial charge on any atom is -0.488 e. The lowest BCUT2D eigenvalue weighted by atomic mass is 10.1. The topological polar surface area (TPSA) is 131 Å². The molecular weight excluding hydrogens is 541 g/mol. The molecule has 2 N–H and O–H groups in total. The second kappa shape index (κ2) is 11.2. The second-order valence-corrected chi connectivity index (χ2v) is 8.00. The Morgan fingerprint density at radius 3 is 2.52 bits per heavy atom. The van der Waals surface area contributed by atoms with Gasteiger partial charge < -0.3 is 9.84 Å². The summed E-state index contributed by atoms with van der Waals surface area (Å²) in [4.78, 5) is 33.5. The van der Waals surface area contributed by atoms with E-state index in [0.29, 0.717) is 11.3 Å². The van der Waals surface area contributed by atoms with Crippen molar-refractivity contribution in [3.63, 3.8) is 0 Å². The molecule has 0 atom stereocenters. The van der Waals surface area contributed by atoms with E-state index in [-0.39, 0.29) is 24.3 Å². The van der Waals surface area contributed by atoms with Crippen molar-refractivity contribution in [3.05, 3.63) is 103 Å². The van der Waals surface area contributed by atoms with Crippen LogP contribution in [0.15, 0.2) is 71.8 Å². The molecule has 0 fully saturated rings. The van der Waals surface area contributed by atoms with Gasteiger partial charge in [0.2, 0.25) is 5.91 Å². The predicted octanol–water partition coefficient (Wildman–Crippen LogP) is 4.17. The molecule has 0 aliphatic carbocycles. The quantitative estimate of drug-likeness (QED) is 0.175. The first-order chi connectivity index (χ1) is 15.8. The number of hydrazone groups is 1. The Morgan fingerprint density at radius 2 is 1.85 bits per heavy atom. The molecule has 0 aromatic heterocycles. The summed E-state index contributed by atoms with van der Waals surface area (Å²) in [5.41, 5.74) is 4.34. The standard InChI is InChI=1S/C23H18IN3O6/c24-19-11-16(7-10-21(19)33-14-15-5-8-17(9-6-15)23(29)30)13-25-26-22(28)12-18-3-1-2-4-20(18)27(31)32/h1-11,13H,12,14H2,(H,26,28)(H,29,30)/b25-13+. The van der Waals surface area contributed by atoms with E-state index in [1.165, 1.54) is 30.5 Å². The molecule has 0 saturated heterocycles. The third kappa shape index (κ3) is 6.84. The highest BCUT2D eigenvalue weighted by Gasteiger charge is 2.15. The number of amides is 1. The summed E-state index contributed by atoms with van der Waals surface area (Å²) in [6, 6.07) is 17.9. The highest BCUT2D eigenvalue weighted by Crippen LogP contribution is 2.23. The van der Waals surface area contributed by atoms with Crippen LogP contribution in [0.1, 0.15) is 27.0 Å². The van der Waals surface area contributed by atoms with Gasteiger partial charge in [0, 0.05) is 11.6 Å². The number of hydrogen-bond acceptors (Lipinski definition) is 6. The summed E-state index contributed by atoms with van der Waals surface area (Å²) in [5, 5.41) is 23.9. The number of carboxylic acids is 1. The normalized spacial score (nSPS) is 10.7. The number of ether oxygens (including phenoxy) is 1. The van der Waals surface area contributed by atoms with E-state index in [0.717, 1.165) is 14.7 Å². The zero-order chi connectivity index (χ0) is 23.8. The number of nitro benzene ring substituents is 1. The van der Waals surface area contributed by atoms with Crippen LogP contribution in [0, 0.1) is 13.7 Å². The van der Waals surface area contributed by atoms with E-state index in [1.807, 2.05) is 6.07 Å². The fourth-order valence-electron chi connectivity index (χ4n) is 2.85. The number of nitro groups is 1. The van der Waals surface area contributed by atoms with Gasteiger partial charge in [0.15, 0.2) is 0 Å². The highest BCUT2D eigenvalue weighted by atomic mass is 127. The fourth-order valence-corrected chi connectivity index (χ4v) is 3.54. The summed E-state index contributed by atoms with van der Waals surface area (Å²) in [7, 11) is 0. The van der Waals surface area contributed by atoms with Gasteiger partial charge in [0.05, 0.1) is 26.7 Å². The molecule has 0 heterocycles. The molecule has 0 bridgehead atoms. The van der Waals surface area contributed by atoms with Crippen molar-refractivity contribution in [2.24, 2.45) is 5.10 Å². The average Bonchev–Trinajstić information content (AvgIpc) is 2.79. The van der Waals surface area contributed by atoms with Crippen molar-refractivity contribution in [3.8, 4) is 5.75 Å². The van der Waals surface area contributed by atoms with Crippen LogP contribution in [0.4, 0.5) is 5.69 Å². The first-order valence-electron chi connectivity index (χ1n) is 9.62. The summed E-state index contributed by atoms with van der Waals surface area (Å²) in [6.45, 7) is 0.283. The third-order valence-electron chi connectivity index (χ3n) is 4.49. The summed E-state index contributed by atoms with van der Waals surface area (Å²) in [5.74, 6) is -0.800. The molecule has 0 spiro atoms. The minimum absolute atomic E-state index is 0.111. The lowest BCUT2D eigenvalue weighted by Gasteiger charge is -2.09. The molecule has 9 nitrogen and oxygen atoms in total. The number of aromatic carboxylic acids is 1. The number of carbonyl (C=O) groups excluding carboxylic acids is 1. The van der Waals surface area contributed by atoms with Gasteiger partial charge in [-0.3, -0.25) is 14.9 Å². The molecule has 0 saturated carbocycles. The molecule has 0 radical (unpaired) electrons. The van der Waals surface area contributed by atoms with Crippen LogP contribution in [-0.4, -0.2) is 28.1 Å². The van der Waals surface area contributed by atoms with E-state index in [4.69, 9.17) is 9.84 Å². The Kier molecular flexibility index (Phi) is 8.08. The van der Waals surface area contributed by atoms with Gasteiger partial charge in [-0.05, 0) is 64.0 Å². The lowest BCUT2D eigenvalue weighted by molar-refractivity contribution is -0.385. The first-order valence-corrected chi connectivity index (χ1v) is 10.7. The first kappa shape index (κ1) is 23.9. The van der Waals surface area contributed by atoms with Crippen molar-refractivity contribution in [1.29, 1.82) is 0 Å². The SMILES string of the molecule is O=C(Cc1ccccc1[N+](=O)[O-])N/N=C/c1ccc(OCc2ccc(C(=O)O)cc2)c(I)c1. The number of hydrogen-bond donors (Lipinski definition) is 2. The fraction of sp³-hybridized carbons (Fsp3) is 0.0870. The zero-order valence-electron chi connectivity index (χ0n) is 17.1.